The third-order valence-electron chi connectivity index (χ3n) is 4.26. The average Bonchev–Trinajstić information content (AvgIpc) is 2.44. The fourth-order valence-corrected chi connectivity index (χ4v) is 3.11. The molecule has 0 aromatic heterocycles. The first-order valence-electron chi connectivity index (χ1n) is 6.63. The second-order valence-electron chi connectivity index (χ2n) is 5.14. The van der Waals surface area contributed by atoms with Crippen LogP contribution in [0.1, 0.15) is 52.9 Å². The molecule has 1 fully saturated rings. The predicted octanol–water partition coefficient (Wildman–Crippen LogP) is 2.63. The largest absolute Gasteiger partial charge is 0.329 e. The van der Waals surface area contributed by atoms with Gasteiger partial charge < -0.3 is 5.73 Å². The van der Waals surface area contributed by atoms with Crippen molar-refractivity contribution in [1.29, 1.82) is 0 Å². The molecule has 0 amide bonds. The van der Waals surface area contributed by atoms with Crippen LogP contribution in [0.5, 0.6) is 0 Å². The van der Waals surface area contributed by atoms with E-state index in [4.69, 9.17) is 5.73 Å². The van der Waals surface area contributed by atoms with Gasteiger partial charge in [0.05, 0.1) is 0 Å². The van der Waals surface area contributed by atoms with Gasteiger partial charge in [0.25, 0.3) is 0 Å². The molecule has 0 radical (unpaired) electrons. The van der Waals surface area contributed by atoms with Crippen molar-refractivity contribution in [3.05, 3.63) is 0 Å². The van der Waals surface area contributed by atoms with E-state index in [1.165, 1.54) is 32.1 Å². The van der Waals surface area contributed by atoms with Crippen molar-refractivity contribution in [2.24, 2.45) is 11.7 Å². The molecule has 1 aliphatic rings. The lowest BCUT2D eigenvalue weighted by Gasteiger charge is -2.42. The summed E-state index contributed by atoms with van der Waals surface area (Å²) in [6.45, 7) is 10.0. The van der Waals surface area contributed by atoms with Crippen molar-refractivity contribution in [2.45, 2.75) is 58.4 Å². The van der Waals surface area contributed by atoms with E-state index >= 15 is 0 Å². The molecule has 0 heterocycles. The summed E-state index contributed by atoms with van der Waals surface area (Å²) >= 11 is 0. The number of hydrogen-bond acceptors (Lipinski definition) is 2. The zero-order valence-corrected chi connectivity index (χ0v) is 10.8. The molecule has 2 unspecified atom stereocenters. The molecule has 1 saturated carbocycles. The van der Waals surface area contributed by atoms with Crippen LogP contribution in [-0.2, 0) is 0 Å². The molecule has 2 N–H and O–H groups in total. The maximum atomic E-state index is 6.06. The zero-order chi connectivity index (χ0) is 11.3. The summed E-state index contributed by atoms with van der Waals surface area (Å²) in [5.41, 5.74) is 6.38. The number of hydrogen-bond donors (Lipinski definition) is 1. The Morgan fingerprint density at radius 3 is 2.40 bits per heavy atom. The van der Waals surface area contributed by atoms with Crippen LogP contribution in [-0.4, -0.2) is 30.1 Å². The molecule has 0 aromatic carbocycles. The average molecular weight is 212 g/mol. The Balaban J connectivity index is 2.72. The fraction of sp³-hybridized carbons (Fsp3) is 1.00. The Kier molecular flexibility index (Phi) is 5.07. The van der Waals surface area contributed by atoms with Crippen LogP contribution in [0.2, 0.25) is 0 Å². The van der Waals surface area contributed by atoms with Crippen molar-refractivity contribution in [3.8, 4) is 0 Å². The summed E-state index contributed by atoms with van der Waals surface area (Å²) in [6, 6.07) is 0. The second-order valence-corrected chi connectivity index (χ2v) is 5.14. The lowest BCUT2D eigenvalue weighted by molar-refractivity contribution is 0.0887. The van der Waals surface area contributed by atoms with Gasteiger partial charge in [-0.3, -0.25) is 4.90 Å². The van der Waals surface area contributed by atoms with Crippen molar-refractivity contribution in [3.63, 3.8) is 0 Å². The summed E-state index contributed by atoms with van der Waals surface area (Å²) in [5.74, 6) is 0.897. The summed E-state index contributed by atoms with van der Waals surface area (Å²) < 4.78 is 0. The molecule has 2 atom stereocenters. The van der Waals surface area contributed by atoms with Crippen LogP contribution in [0.4, 0.5) is 0 Å². The Hall–Kier alpha value is -0.0800. The minimum atomic E-state index is 0.314. The predicted molar refractivity (Wildman–Crippen MR) is 67.0 cm³/mol. The van der Waals surface area contributed by atoms with Gasteiger partial charge in [-0.15, -0.1) is 0 Å². The number of nitrogens with zero attached hydrogens (tertiary/aromatic N) is 1. The quantitative estimate of drug-likeness (QED) is 0.726. The van der Waals surface area contributed by atoms with Crippen LogP contribution in [0.25, 0.3) is 0 Å². The van der Waals surface area contributed by atoms with E-state index in [0.717, 1.165) is 25.6 Å². The maximum absolute atomic E-state index is 6.06. The van der Waals surface area contributed by atoms with E-state index in [-0.39, 0.29) is 0 Å². The van der Waals surface area contributed by atoms with Crippen LogP contribution < -0.4 is 5.73 Å². The molecular formula is C13H28N2. The van der Waals surface area contributed by atoms with E-state index in [2.05, 4.69) is 25.7 Å². The highest BCUT2D eigenvalue weighted by atomic mass is 15.2. The lowest BCUT2D eigenvalue weighted by Crippen LogP contribution is -2.53. The molecular weight excluding hydrogens is 184 g/mol. The van der Waals surface area contributed by atoms with Crippen LogP contribution >= 0.6 is 0 Å². The van der Waals surface area contributed by atoms with Crippen LogP contribution in [0.3, 0.4) is 0 Å². The summed E-state index contributed by atoms with van der Waals surface area (Å²) in [7, 11) is 0. The van der Waals surface area contributed by atoms with Crippen LogP contribution in [0.15, 0.2) is 0 Å². The standard InChI is InChI=1S/C13H28N2/c1-4-15(5-2)13(11-14)9-6-7-12(3)8-10-13/h12H,4-11,14H2,1-3H3. The van der Waals surface area contributed by atoms with Crippen molar-refractivity contribution >= 4 is 0 Å². The molecule has 2 heteroatoms. The van der Waals surface area contributed by atoms with Crippen LogP contribution in [0, 0.1) is 5.92 Å². The first-order chi connectivity index (χ1) is 7.18. The van der Waals surface area contributed by atoms with E-state index in [1.54, 1.807) is 0 Å². The van der Waals surface area contributed by atoms with Crippen molar-refractivity contribution in [2.75, 3.05) is 19.6 Å². The Morgan fingerprint density at radius 1 is 1.20 bits per heavy atom. The van der Waals surface area contributed by atoms with Gasteiger partial charge in [-0.05, 0) is 38.3 Å². The van der Waals surface area contributed by atoms with Gasteiger partial charge in [-0.2, -0.15) is 0 Å². The summed E-state index contributed by atoms with van der Waals surface area (Å²) in [4.78, 5) is 2.59. The molecule has 15 heavy (non-hydrogen) atoms. The molecule has 0 spiro atoms. The Bertz CT molecular complexity index is 177. The van der Waals surface area contributed by atoms with Gasteiger partial charge in [0.15, 0.2) is 0 Å². The first kappa shape index (κ1) is 13.0. The second kappa shape index (κ2) is 5.86. The van der Waals surface area contributed by atoms with Gasteiger partial charge in [0.2, 0.25) is 0 Å². The van der Waals surface area contributed by atoms with E-state index in [9.17, 15) is 0 Å². The number of likely N-dealkylation sites (N-methyl/N-ethyl adjacent to an activating group) is 1. The minimum Gasteiger partial charge on any atom is -0.329 e. The highest BCUT2D eigenvalue weighted by molar-refractivity contribution is 4.93. The molecule has 1 aliphatic carbocycles. The molecule has 2 nitrogen and oxygen atoms in total. The maximum Gasteiger partial charge on any atom is 0.0331 e. The molecule has 1 rings (SSSR count). The van der Waals surface area contributed by atoms with Gasteiger partial charge in [-0.1, -0.05) is 33.6 Å². The van der Waals surface area contributed by atoms with Gasteiger partial charge in [-0.25, -0.2) is 0 Å². The molecule has 0 aromatic rings. The molecule has 90 valence electrons. The summed E-state index contributed by atoms with van der Waals surface area (Å²) in [6.07, 6.45) is 6.70. The van der Waals surface area contributed by atoms with E-state index in [0.29, 0.717) is 5.54 Å². The van der Waals surface area contributed by atoms with E-state index in [1.807, 2.05) is 0 Å². The highest BCUT2D eigenvalue weighted by Gasteiger charge is 2.35. The first-order valence-corrected chi connectivity index (χ1v) is 6.63. The number of rotatable bonds is 4. The smallest absolute Gasteiger partial charge is 0.0331 e. The molecule has 0 bridgehead atoms. The van der Waals surface area contributed by atoms with Gasteiger partial charge in [0, 0.05) is 12.1 Å². The number of nitrogens with two attached hydrogens (primary N) is 1. The minimum absolute atomic E-state index is 0.314. The van der Waals surface area contributed by atoms with Gasteiger partial charge in [0.1, 0.15) is 0 Å². The highest BCUT2D eigenvalue weighted by Crippen LogP contribution is 2.33. The zero-order valence-electron chi connectivity index (χ0n) is 10.8. The summed E-state index contributed by atoms with van der Waals surface area (Å²) in [5, 5.41) is 0. The SMILES string of the molecule is CCN(CC)C1(CN)CCCC(C)CC1. The monoisotopic (exact) mass is 212 g/mol. The normalized spacial score (nSPS) is 33.0. The topological polar surface area (TPSA) is 29.3 Å². The molecule has 0 aliphatic heterocycles. The Labute approximate surface area is 95.2 Å². The van der Waals surface area contributed by atoms with E-state index < -0.39 is 0 Å². The third kappa shape index (κ3) is 2.94. The van der Waals surface area contributed by atoms with Gasteiger partial charge >= 0.3 is 0 Å². The Morgan fingerprint density at radius 2 is 1.87 bits per heavy atom. The third-order valence-corrected chi connectivity index (χ3v) is 4.26. The fourth-order valence-electron chi connectivity index (χ4n) is 3.11. The van der Waals surface area contributed by atoms with Crippen molar-refractivity contribution in [1.82, 2.24) is 4.90 Å². The lowest BCUT2D eigenvalue weighted by atomic mass is 9.87. The van der Waals surface area contributed by atoms with Crippen molar-refractivity contribution < 1.29 is 0 Å². The molecule has 0 saturated heterocycles.